The van der Waals surface area contributed by atoms with E-state index in [1.165, 1.54) is 28.6 Å². The fourth-order valence-electron chi connectivity index (χ4n) is 5.49. The number of aryl methyl sites for hydroxylation is 3. The van der Waals surface area contributed by atoms with E-state index in [1.807, 2.05) is 30.6 Å². The first-order valence-corrected chi connectivity index (χ1v) is 13.8. The molecular formula is C26H31N3O2S2. The summed E-state index contributed by atoms with van der Waals surface area (Å²) >= 11 is 3.12. The number of hydrogen-bond acceptors (Lipinski definition) is 5. The van der Waals surface area contributed by atoms with Crippen LogP contribution < -0.4 is 5.56 Å². The minimum atomic E-state index is 0.0844. The number of hydrogen-bond donors (Lipinski definition) is 0. The molecule has 0 aliphatic heterocycles. The molecule has 2 aliphatic rings. The Bertz CT molecular complexity index is 1290. The van der Waals surface area contributed by atoms with E-state index in [1.54, 1.807) is 11.3 Å². The van der Waals surface area contributed by atoms with Gasteiger partial charge in [0.2, 0.25) is 0 Å². The number of thioether (sulfide) groups is 1. The Morgan fingerprint density at radius 2 is 2.00 bits per heavy atom. The maximum Gasteiger partial charge on any atom is 0.263 e. The highest BCUT2D eigenvalue weighted by atomic mass is 32.2. The van der Waals surface area contributed by atoms with Gasteiger partial charge in [0, 0.05) is 34.4 Å². The topological polar surface area (TPSA) is 56.9 Å². The Morgan fingerprint density at radius 3 is 2.76 bits per heavy atom. The van der Waals surface area contributed by atoms with Crippen LogP contribution in [0.3, 0.4) is 0 Å². The SMILES string of the molecule is C=CCn1c(C)cc(C(=O)CSc2nc3sc4c(c3c(=O)n2C2CCCC2)CCCC4)c1C. The fourth-order valence-corrected chi connectivity index (χ4v) is 7.74. The Balaban J connectivity index is 1.50. The summed E-state index contributed by atoms with van der Waals surface area (Å²) in [6.07, 6.45) is 10.6. The van der Waals surface area contributed by atoms with E-state index in [4.69, 9.17) is 4.98 Å². The predicted molar refractivity (Wildman–Crippen MR) is 137 cm³/mol. The first-order chi connectivity index (χ1) is 16.0. The van der Waals surface area contributed by atoms with Crippen molar-refractivity contribution in [3.8, 4) is 0 Å². The van der Waals surface area contributed by atoms with Crippen LogP contribution in [-0.4, -0.2) is 25.7 Å². The highest BCUT2D eigenvalue weighted by Crippen LogP contribution is 2.37. The molecule has 1 fully saturated rings. The minimum Gasteiger partial charge on any atom is -0.345 e. The van der Waals surface area contributed by atoms with Gasteiger partial charge >= 0.3 is 0 Å². The smallest absolute Gasteiger partial charge is 0.263 e. The molecule has 2 aliphatic carbocycles. The van der Waals surface area contributed by atoms with Crippen molar-refractivity contribution in [1.29, 1.82) is 0 Å². The lowest BCUT2D eigenvalue weighted by molar-refractivity contribution is 0.102. The number of thiophene rings is 1. The molecule has 33 heavy (non-hydrogen) atoms. The lowest BCUT2D eigenvalue weighted by Gasteiger charge is -2.18. The van der Waals surface area contributed by atoms with E-state index in [-0.39, 0.29) is 23.1 Å². The van der Waals surface area contributed by atoms with Crippen LogP contribution in [0.4, 0.5) is 0 Å². The molecule has 174 valence electrons. The van der Waals surface area contributed by atoms with Crippen molar-refractivity contribution < 1.29 is 4.79 Å². The minimum absolute atomic E-state index is 0.0844. The van der Waals surface area contributed by atoms with Gasteiger partial charge in [0.15, 0.2) is 10.9 Å². The van der Waals surface area contributed by atoms with Gasteiger partial charge in [-0.25, -0.2) is 4.98 Å². The summed E-state index contributed by atoms with van der Waals surface area (Å²) in [5.41, 5.74) is 4.15. The van der Waals surface area contributed by atoms with Gasteiger partial charge in [-0.15, -0.1) is 17.9 Å². The van der Waals surface area contributed by atoms with Gasteiger partial charge in [-0.3, -0.25) is 14.2 Å². The number of ketones is 1. The number of rotatable bonds is 7. The monoisotopic (exact) mass is 481 g/mol. The molecule has 0 saturated heterocycles. The zero-order valence-electron chi connectivity index (χ0n) is 19.5. The Morgan fingerprint density at radius 1 is 1.24 bits per heavy atom. The number of carbonyl (C=O) groups excluding carboxylic acids is 1. The summed E-state index contributed by atoms with van der Waals surface area (Å²) in [7, 11) is 0. The first-order valence-electron chi connectivity index (χ1n) is 12.0. The zero-order chi connectivity index (χ0) is 23.1. The van der Waals surface area contributed by atoms with E-state index >= 15 is 0 Å². The van der Waals surface area contributed by atoms with Crippen molar-refractivity contribution in [2.24, 2.45) is 0 Å². The molecule has 0 aromatic carbocycles. The molecule has 3 heterocycles. The van der Waals surface area contributed by atoms with E-state index < -0.39 is 0 Å². The highest BCUT2D eigenvalue weighted by Gasteiger charge is 2.27. The van der Waals surface area contributed by atoms with Crippen LogP contribution in [0.2, 0.25) is 0 Å². The van der Waals surface area contributed by atoms with Gasteiger partial charge in [-0.05, 0) is 64.0 Å². The Kier molecular flexibility index (Phi) is 6.36. The molecule has 0 atom stereocenters. The van der Waals surface area contributed by atoms with Crippen LogP contribution in [0, 0.1) is 13.8 Å². The molecule has 5 rings (SSSR count). The number of fused-ring (bicyclic) bond motifs is 3. The molecule has 0 amide bonds. The lowest BCUT2D eigenvalue weighted by Crippen LogP contribution is -2.27. The Labute approximate surface area is 202 Å². The molecule has 5 nitrogen and oxygen atoms in total. The standard InChI is InChI=1S/C26H31N3O2S2/c1-4-13-28-16(2)14-20(17(28)3)21(30)15-32-26-27-24-23(19-11-7-8-12-22(19)33-24)25(31)29(26)18-9-5-6-10-18/h4,14,18H,1,5-13,15H2,2-3H3. The van der Waals surface area contributed by atoms with E-state index in [2.05, 4.69) is 11.1 Å². The van der Waals surface area contributed by atoms with E-state index in [0.717, 1.165) is 72.1 Å². The maximum atomic E-state index is 13.8. The van der Waals surface area contributed by atoms with Crippen LogP contribution in [0.5, 0.6) is 0 Å². The third kappa shape index (κ3) is 4.03. The molecule has 3 aromatic rings. The fraction of sp³-hybridized carbons (Fsp3) is 0.500. The number of aromatic nitrogens is 3. The second-order valence-corrected chi connectivity index (χ2v) is 11.3. The predicted octanol–water partition coefficient (Wildman–Crippen LogP) is 6.03. The van der Waals surface area contributed by atoms with Crippen LogP contribution in [0.1, 0.15) is 76.8 Å². The van der Waals surface area contributed by atoms with Gasteiger partial charge in [0.05, 0.1) is 11.1 Å². The van der Waals surface area contributed by atoms with Crippen molar-refractivity contribution in [3.05, 3.63) is 56.5 Å². The molecule has 0 spiro atoms. The zero-order valence-corrected chi connectivity index (χ0v) is 21.1. The van der Waals surface area contributed by atoms with Crippen molar-refractivity contribution in [1.82, 2.24) is 14.1 Å². The Hall–Kier alpha value is -2.12. The second-order valence-electron chi connectivity index (χ2n) is 9.29. The van der Waals surface area contributed by atoms with Gasteiger partial charge in [-0.2, -0.15) is 0 Å². The molecule has 7 heteroatoms. The van der Waals surface area contributed by atoms with Crippen molar-refractivity contribution in [2.75, 3.05) is 5.75 Å². The summed E-state index contributed by atoms with van der Waals surface area (Å²) in [5, 5.41) is 1.57. The third-order valence-electron chi connectivity index (χ3n) is 7.20. The highest BCUT2D eigenvalue weighted by molar-refractivity contribution is 7.99. The van der Waals surface area contributed by atoms with Gasteiger partial charge in [0.25, 0.3) is 5.56 Å². The summed E-state index contributed by atoms with van der Waals surface area (Å²) in [4.78, 5) is 34.2. The maximum absolute atomic E-state index is 13.8. The number of allylic oxidation sites excluding steroid dienone is 1. The molecule has 0 bridgehead atoms. The summed E-state index contributed by atoms with van der Waals surface area (Å²) in [5.74, 6) is 0.370. The summed E-state index contributed by atoms with van der Waals surface area (Å²) in [6.45, 7) is 8.53. The van der Waals surface area contributed by atoms with Crippen LogP contribution >= 0.6 is 23.1 Å². The number of carbonyl (C=O) groups is 1. The second kappa shape index (κ2) is 9.26. The third-order valence-corrected chi connectivity index (χ3v) is 9.33. The van der Waals surface area contributed by atoms with Gasteiger partial charge in [0.1, 0.15) is 4.83 Å². The quantitative estimate of drug-likeness (QED) is 0.179. The van der Waals surface area contributed by atoms with E-state index in [0.29, 0.717) is 11.7 Å². The molecule has 0 unspecified atom stereocenters. The van der Waals surface area contributed by atoms with Gasteiger partial charge < -0.3 is 4.57 Å². The first kappa shape index (κ1) is 22.7. The largest absolute Gasteiger partial charge is 0.345 e. The average molecular weight is 482 g/mol. The number of Topliss-reactive ketones (excluding diaryl/α,β-unsaturated/α-hetero) is 1. The lowest BCUT2D eigenvalue weighted by atomic mass is 9.97. The number of nitrogens with zero attached hydrogens (tertiary/aromatic N) is 3. The molecule has 0 N–H and O–H groups in total. The van der Waals surface area contributed by atoms with Crippen molar-refractivity contribution in [3.63, 3.8) is 0 Å². The molecule has 3 aromatic heterocycles. The molecule has 0 radical (unpaired) electrons. The van der Waals surface area contributed by atoms with E-state index in [9.17, 15) is 9.59 Å². The van der Waals surface area contributed by atoms with Crippen LogP contribution in [0.25, 0.3) is 10.2 Å². The van der Waals surface area contributed by atoms with Crippen LogP contribution in [-0.2, 0) is 19.4 Å². The van der Waals surface area contributed by atoms with Gasteiger partial charge in [-0.1, -0.05) is 30.7 Å². The summed E-state index contributed by atoms with van der Waals surface area (Å²) < 4.78 is 4.05. The van der Waals surface area contributed by atoms with Crippen molar-refractivity contribution >= 4 is 39.1 Å². The summed E-state index contributed by atoms with van der Waals surface area (Å²) in [6, 6.07) is 2.17. The van der Waals surface area contributed by atoms with Crippen LogP contribution in [0.15, 0.2) is 28.7 Å². The van der Waals surface area contributed by atoms with Crippen molar-refractivity contribution in [2.45, 2.75) is 83.0 Å². The molecule has 1 saturated carbocycles. The normalized spacial score (nSPS) is 16.4. The molecular weight excluding hydrogens is 450 g/mol. The average Bonchev–Trinajstić information content (AvgIpc) is 3.52.